The summed E-state index contributed by atoms with van der Waals surface area (Å²) in [5.74, 6) is 0.614. The largest absolute Gasteiger partial charge is 0.396 e. The maximum absolute atomic E-state index is 9.34. The van der Waals surface area contributed by atoms with Crippen LogP contribution in [0, 0.1) is 36.0 Å². The van der Waals surface area contributed by atoms with Crippen LogP contribution in [0.2, 0.25) is 0 Å². The molecule has 3 rings (SSSR count). The molecule has 0 aromatic heterocycles. The molecule has 1 nitrogen and oxygen atoms in total. The molecule has 1 aromatic rings. The summed E-state index contributed by atoms with van der Waals surface area (Å²) in [4.78, 5) is 0. The van der Waals surface area contributed by atoms with E-state index in [1.165, 1.54) is 25.7 Å². The Morgan fingerprint density at radius 1 is 0.906 bits per heavy atom. The standard InChI is InChI=1S/C31H52O/c1-13-30(11)18-23-22(4)26-24(21(3)25(23)30)19-31(26,12)29(9,10)28(7,8)20(2)17-27(5,6)15-14-16-32/h20,32H,13-19H2,1-12H3. The first kappa shape index (κ1) is 25.8. The van der Waals surface area contributed by atoms with Gasteiger partial charge in [0.15, 0.2) is 0 Å². The third-order valence-corrected chi connectivity index (χ3v) is 11.4. The van der Waals surface area contributed by atoms with Crippen LogP contribution in [0.5, 0.6) is 0 Å². The Bertz CT molecular complexity index is 869. The average Bonchev–Trinajstić information content (AvgIpc) is 2.66. The minimum absolute atomic E-state index is 0.183. The second-order valence-corrected chi connectivity index (χ2v) is 14.0. The highest BCUT2D eigenvalue weighted by Gasteiger charge is 2.59. The van der Waals surface area contributed by atoms with Gasteiger partial charge < -0.3 is 5.11 Å². The normalized spacial score (nSPS) is 26.2. The zero-order chi connectivity index (χ0) is 24.5. The van der Waals surface area contributed by atoms with Crippen molar-refractivity contribution >= 4 is 0 Å². The quantitative estimate of drug-likeness (QED) is 0.410. The molecule has 2 aliphatic rings. The van der Waals surface area contributed by atoms with Crippen molar-refractivity contribution in [3.63, 3.8) is 0 Å². The lowest BCUT2D eigenvalue weighted by atomic mass is 9.41. The maximum Gasteiger partial charge on any atom is 0.0431 e. The molecule has 0 radical (unpaired) electrons. The van der Waals surface area contributed by atoms with Crippen molar-refractivity contribution in [2.45, 2.75) is 132 Å². The summed E-state index contributed by atoms with van der Waals surface area (Å²) >= 11 is 0. The van der Waals surface area contributed by atoms with Crippen molar-refractivity contribution in [2.24, 2.45) is 22.2 Å². The van der Waals surface area contributed by atoms with E-state index >= 15 is 0 Å². The number of fused-ring (bicyclic) bond motifs is 2. The first-order chi connectivity index (χ1) is 14.5. The third-order valence-electron chi connectivity index (χ3n) is 11.4. The van der Waals surface area contributed by atoms with E-state index in [4.69, 9.17) is 0 Å². The van der Waals surface area contributed by atoms with Gasteiger partial charge in [0.1, 0.15) is 0 Å². The van der Waals surface area contributed by atoms with Crippen molar-refractivity contribution in [3.05, 3.63) is 33.4 Å². The van der Waals surface area contributed by atoms with Gasteiger partial charge in [-0.2, -0.15) is 0 Å². The van der Waals surface area contributed by atoms with Gasteiger partial charge in [-0.3, -0.25) is 0 Å². The van der Waals surface area contributed by atoms with Crippen LogP contribution in [-0.4, -0.2) is 11.7 Å². The van der Waals surface area contributed by atoms with Crippen molar-refractivity contribution in [3.8, 4) is 0 Å². The molecule has 0 spiro atoms. The summed E-state index contributed by atoms with van der Waals surface area (Å²) in [5, 5.41) is 9.34. The van der Waals surface area contributed by atoms with Crippen molar-refractivity contribution in [2.75, 3.05) is 6.61 Å². The molecule has 32 heavy (non-hydrogen) atoms. The molecule has 0 amide bonds. The van der Waals surface area contributed by atoms with E-state index in [2.05, 4.69) is 83.1 Å². The van der Waals surface area contributed by atoms with Gasteiger partial charge in [-0.25, -0.2) is 0 Å². The monoisotopic (exact) mass is 440 g/mol. The van der Waals surface area contributed by atoms with E-state index in [-0.39, 0.29) is 21.7 Å². The first-order valence-electron chi connectivity index (χ1n) is 13.3. The van der Waals surface area contributed by atoms with Crippen LogP contribution in [-0.2, 0) is 23.7 Å². The van der Waals surface area contributed by atoms with Gasteiger partial charge >= 0.3 is 0 Å². The fourth-order valence-corrected chi connectivity index (χ4v) is 7.75. The van der Waals surface area contributed by atoms with Gasteiger partial charge in [-0.1, -0.05) is 69.2 Å². The molecule has 0 aliphatic heterocycles. The lowest BCUT2D eigenvalue weighted by Gasteiger charge is -2.63. The van der Waals surface area contributed by atoms with Gasteiger partial charge in [0.2, 0.25) is 0 Å². The number of rotatable bonds is 9. The average molecular weight is 441 g/mol. The van der Waals surface area contributed by atoms with Gasteiger partial charge in [-0.15, -0.1) is 0 Å². The molecule has 0 bridgehead atoms. The lowest BCUT2D eigenvalue weighted by molar-refractivity contribution is -0.0444. The fraction of sp³-hybridized carbons (Fsp3) is 0.806. The van der Waals surface area contributed by atoms with E-state index in [0.717, 1.165) is 12.8 Å². The Kier molecular flexibility index (Phi) is 6.34. The van der Waals surface area contributed by atoms with E-state index in [9.17, 15) is 5.11 Å². The SMILES string of the molecule is CCC1(C)Cc2c(C)c3c(c(C)c21)CC3(C)C(C)(C)C(C)(C)C(C)CC(C)(C)CCCO. The summed E-state index contributed by atoms with van der Waals surface area (Å²) in [6.07, 6.45) is 6.95. The van der Waals surface area contributed by atoms with Crippen LogP contribution >= 0.6 is 0 Å². The fourth-order valence-electron chi connectivity index (χ4n) is 7.75. The molecule has 182 valence electrons. The van der Waals surface area contributed by atoms with Crippen LogP contribution in [0.1, 0.15) is 128 Å². The minimum Gasteiger partial charge on any atom is -0.396 e. The van der Waals surface area contributed by atoms with Crippen molar-refractivity contribution < 1.29 is 5.11 Å². The van der Waals surface area contributed by atoms with Crippen LogP contribution in [0.4, 0.5) is 0 Å². The maximum atomic E-state index is 9.34. The van der Waals surface area contributed by atoms with Gasteiger partial charge in [0.25, 0.3) is 0 Å². The summed E-state index contributed by atoms with van der Waals surface area (Å²) in [6.45, 7) is 30.0. The summed E-state index contributed by atoms with van der Waals surface area (Å²) in [5.41, 5.74) is 11.2. The van der Waals surface area contributed by atoms with Crippen LogP contribution < -0.4 is 0 Å². The molecule has 1 heteroatoms. The van der Waals surface area contributed by atoms with E-state index in [1.54, 1.807) is 33.4 Å². The van der Waals surface area contributed by atoms with Crippen molar-refractivity contribution in [1.29, 1.82) is 0 Å². The Hall–Kier alpha value is -0.820. The highest BCUT2D eigenvalue weighted by atomic mass is 16.2. The molecule has 0 fully saturated rings. The highest BCUT2D eigenvalue weighted by Crippen LogP contribution is 2.65. The summed E-state index contributed by atoms with van der Waals surface area (Å²) in [7, 11) is 0. The van der Waals surface area contributed by atoms with Gasteiger partial charge in [-0.05, 0) is 113 Å². The number of aliphatic hydroxyl groups excluding tert-OH is 1. The minimum atomic E-state index is 0.183. The molecule has 1 N–H and O–H groups in total. The molecule has 0 saturated heterocycles. The van der Waals surface area contributed by atoms with Crippen LogP contribution in [0.3, 0.4) is 0 Å². The lowest BCUT2D eigenvalue weighted by Crippen LogP contribution is -2.58. The molecular formula is C31H52O. The second kappa shape index (κ2) is 7.86. The predicted octanol–water partition coefficient (Wildman–Crippen LogP) is 8.22. The summed E-state index contributed by atoms with van der Waals surface area (Å²) in [6, 6.07) is 0. The Balaban J connectivity index is 1.96. The zero-order valence-electron chi connectivity index (χ0n) is 23.5. The molecule has 3 unspecified atom stereocenters. The van der Waals surface area contributed by atoms with E-state index in [1.807, 2.05) is 0 Å². The molecule has 2 aliphatic carbocycles. The molecule has 1 aromatic carbocycles. The third kappa shape index (κ3) is 3.43. The number of hydrogen-bond acceptors (Lipinski definition) is 1. The number of benzene rings is 1. The predicted molar refractivity (Wildman–Crippen MR) is 140 cm³/mol. The van der Waals surface area contributed by atoms with Crippen LogP contribution in [0.25, 0.3) is 0 Å². The van der Waals surface area contributed by atoms with E-state index in [0.29, 0.717) is 17.9 Å². The Labute approximate surface area is 199 Å². The van der Waals surface area contributed by atoms with Crippen molar-refractivity contribution in [1.82, 2.24) is 0 Å². The molecular weight excluding hydrogens is 388 g/mol. The highest BCUT2D eigenvalue weighted by molar-refractivity contribution is 5.66. The van der Waals surface area contributed by atoms with Crippen LogP contribution in [0.15, 0.2) is 0 Å². The first-order valence-corrected chi connectivity index (χ1v) is 13.3. The topological polar surface area (TPSA) is 20.2 Å². The van der Waals surface area contributed by atoms with Gasteiger partial charge in [0, 0.05) is 12.0 Å². The molecule has 3 atom stereocenters. The zero-order valence-corrected chi connectivity index (χ0v) is 23.5. The van der Waals surface area contributed by atoms with E-state index < -0.39 is 0 Å². The molecule has 0 heterocycles. The van der Waals surface area contributed by atoms with Gasteiger partial charge in [0.05, 0.1) is 0 Å². The summed E-state index contributed by atoms with van der Waals surface area (Å²) < 4.78 is 0. The second-order valence-electron chi connectivity index (χ2n) is 14.0. The Morgan fingerprint density at radius 3 is 1.97 bits per heavy atom. The Morgan fingerprint density at radius 2 is 1.44 bits per heavy atom. The smallest absolute Gasteiger partial charge is 0.0431 e. The molecule has 0 saturated carbocycles. The number of hydrogen-bond donors (Lipinski definition) is 1. The number of aliphatic hydroxyl groups is 1.